The second kappa shape index (κ2) is 4.92. The van der Waals surface area contributed by atoms with Crippen molar-refractivity contribution < 1.29 is 4.79 Å². The number of amides is 1. The van der Waals surface area contributed by atoms with Gasteiger partial charge < -0.3 is 11.1 Å². The summed E-state index contributed by atoms with van der Waals surface area (Å²) in [6.45, 7) is 3.88. The molecule has 0 bridgehead atoms. The van der Waals surface area contributed by atoms with E-state index in [2.05, 4.69) is 5.32 Å². The summed E-state index contributed by atoms with van der Waals surface area (Å²) in [6, 6.07) is 13.0. The first-order valence-corrected chi connectivity index (χ1v) is 5.80. The second-order valence-electron chi connectivity index (χ2n) is 4.40. The highest BCUT2D eigenvalue weighted by Crippen LogP contribution is 2.16. The van der Waals surface area contributed by atoms with Gasteiger partial charge in [0.25, 0.3) is 5.91 Å². The summed E-state index contributed by atoms with van der Waals surface area (Å²) in [5, 5.41) is 2.89. The van der Waals surface area contributed by atoms with E-state index >= 15 is 0 Å². The molecular formula is C15H16N2O. The Hall–Kier alpha value is -2.29. The average Bonchev–Trinajstić information content (AvgIpc) is 2.31. The molecule has 0 unspecified atom stereocenters. The molecule has 3 nitrogen and oxygen atoms in total. The average molecular weight is 240 g/mol. The van der Waals surface area contributed by atoms with Crippen LogP contribution in [0.4, 0.5) is 11.4 Å². The number of benzene rings is 2. The number of nitrogens with one attached hydrogen (secondary N) is 1. The molecule has 1 amide bonds. The summed E-state index contributed by atoms with van der Waals surface area (Å²) in [7, 11) is 0. The number of hydrogen-bond donors (Lipinski definition) is 2. The molecule has 2 aromatic rings. The van der Waals surface area contributed by atoms with Crippen LogP contribution in [-0.2, 0) is 0 Å². The zero-order valence-corrected chi connectivity index (χ0v) is 10.5. The Morgan fingerprint density at radius 1 is 1.11 bits per heavy atom. The molecule has 0 aromatic heterocycles. The second-order valence-corrected chi connectivity index (χ2v) is 4.40. The maximum Gasteiger partial charge on any atom is 0.255 e. The Kier molecular flexibility index (Phi) is 3.33. The highest BCUT2D eigenvalue weighted by Gasteiger charge is 2.08. The lowest BCUT2D eigenvalue weighted by Crippen LogP contribution is -2.13. The molecule has 0 heterocycles. The predicted octanol–water partition coefficient (Wildman–Crippen LogP) is 3.14. The fourth-order valence-electron chi connectivity index (χ4n) is 1.85. The van der Waals surface area contributed by atoms with Gasteiger partial charge in [0.15, 0.2) is 0 Å². The minimum atomic E-state index is -0.139. The van der Waals surface area contributed by atoms with Crippen molar-refractivity contribution in [1.82, 2.24) is 0 Å². The van der Waals surface area contributed by atoms with Crippen LogP contribution in [0.1, 0.15) is 21.5 Å². The van der Waals surface area contributed by atoms with Crippen LogP contribution in [0.5, 0.6) is 0 Å². The summed E-state index contributed by atoms with van der Waals surface area (Å²) in [6.07, 6.45) is 0. The summed E-state index contributed by atoms with van der Waals surface area (Å²) in [5.74, 6) is -0.139. The van der Waals surface area contributed by atoms with Crippen LogP contribution >= 0.6 is 0 Å². The van der Waals surface area contributed by atoms with E-state index in [1.54, 1.807) is 6.07 Å². The number of hydrogen-bond acceptors (Lipinski definition) is 2. The van der Waals surface area contributed by atoms with Gasteiger partial charge in [-0.2, -0.15) is 0 Å². The van der Waals surface area contributed by atoms with Gasteiger partial charge in [-0.1, -0.05) is 18.2 Å². The number of nitrogens with two attached hydrogens (primary N) is 1. The molecule has 0 spiro atoms. The molecule has 0 atom stereocenters. The Morgan fingerprint density at radius 3 is 2.50 bits per heavy atom. The largest absolute Gasteiger partial charge is 0.399 e. The standard InChI is InChI=1S/C15H16N2O/c1-10-7-12(9-13(16)8-10)15(18)17-14-6-4-3-5-11(14)2/h3-9H,16H2,1-2H3,(H,17,18). The minimum absolute atomic E-state index is 0.139. The van der Waals surface area contributed by atoms with E-state index in [1.807, 2.05) is 50.2 Å². The number of aryl methyl sites for hydroxylation is 2. The topological polar surface area (TPSA) is 55.1 Å². The highest BCUT2D eigenvalue weighted by atomic mass is 16.1. The van der Waals surface area contributed by atoms with Gasteiger partial charge in [-0.15, -0.1) is 0 Å². The fourth-order valence-corrected chi connectivity index (χ4v) is 1.85. The molecule has 2 rings (SSSR count). The van der Waals surface area contributed by atoms with Crippen LogP contribution < -0.4 is 11.1 Å². The molecular weight excluding hydrogens is 224 g/mol. The van der Waals surface area contributed by atoms with E-state index in [-0.39, 0.29) is 5.91 Å². The van der Waals surface area contributed by atoms with Gasteiger partial charge in [-0.3, -0.25) is 4.79 Å². The van der Waals surface area contributed by atoms with Crippen molar-refractivity contribution in [1.29, 1.82) is 0 Å². The maximum absolute atomic E-state index is 12.1. The Balaban J connectivity index is 2.25. The number of para-hydroxylation sites is 1. The number of anilines is 2. The van der Waals surface area contributed by atoms with Crippen LogP contribution in [0.2, 0.25) is 0 Å². The van der Waals surface area contributed by atoms with Gasteiger partial charge in [0.05, 0.1) is 0 Å². The first kappa shape index (κ1) is 12.2. The van der Waals surface area contributed by atoms with E-state index < -0.39 is 0 Å². The molecule has 2 aromatic carbocycles. The zero-order chi connectivity index (χ0) is 13.1. The summed E-state index contributed by atoms with van der Waals surface area (Å²) in [4.78, 5) is 12.1. The molecule has 0 radical (unpaired) electrons. The third kappa shape index (κ3) is 2.69. The van der Waals surface area contributed by atoms with Gasteiger partial charge in [0.1, 0.15) is 0 Å². The van der Waals surface area contributed by atoms with Crippen molar-refractivity contribution in [3.63, 3.8) is 0 Å². The van der Waals surface area contributed by atoms with Crippen molar-refractivity contribution in [2.45, 2.75) is 13.8 Å². The normalized spacial score (nSPS) is 10.1. The lowest BCUT2D eigenvalue weighted by atomic mass is 10.1. The van der Waals surface area contributed by atoms with E-state index in [0.29, 0.717) is 11.3 Å². The molecule has 0 aliphatic carbocycles. The monoisotopic (exact) mass is 240 g/mol. The molecule has 3 heteroatoms. The summed E-state index contributed by atoms with van der Waals surface area (Å²) in [5.41, 5.74) is 9.75. The maximum atomic E-state index is 12.1. The summed E-state index contributed by atoms with van der Waals surface area (Å²) < 4.78 is 0. The van der Waals surface area contributed by atoms with Crippen molar-refractivity contribution in [3.8, 4) is 0 Å². The molecule has 0 aliphatic rings. The van der Waals surface area contributed by atoms with Crippen LogP contribution in [0, 0.1) is 13.8 Å². The highest BCUT2D eigenvalue weighted by molar-refractivity contribution is 6.05. The van der Waals surface area contributed by atoms with E-state index in [1.165, 1.54) is 0 Å². The third-order valence-corrected chi connectivity index (χ3v) is 2.76. The van der Waals surface area contributed by atoms with Gasteiger partial charge in [0.2, 0.25) is 0 Å². The number of rotatable bonds is 2. The van der Waals surface area contributed by atoms with Crippen molar-refractivity contribution >= 4 is 17.3 Å². The first-order valence-electron chi connectivity index (χ1n) is 5.80. The molecule has 18 heavy (non-hydrogen) atoms. The Morgan fingerprint density at radius 2 is 1.83 bits per heavy atom. The molecule has 92 valence electrons. The molecule has 0 saturated carbocycles. The van der Waals surface area contributed by atoms with Crippen LogP contribution in [0.3, 0.4) is 0 Å². The predicted molar refractivity (Wildman–Crippen MR) is 74.7 cm³/mol. The van der Waals surface area contributed by atoms with Gasteiger partial charge in [-0.25, -0.2) is 0 Å². The van der Waals surface area contributed by atoms with E-state index in [0.717, 1.165) is 16.8 Å². The van der Waals surface area contributed by atoms with Gasteiger partial charge in [-0.05, 0) is 49.2 Å². The SMILES string of the molecule is Cc1cc(N)cc(C(=O)Nc2ccccc2C)c1. The van der Waals surface area contributed by atoms with Crippen LogP contribution in [0.25, 0.3) is 0 Å². The van der Waals surface area contributed by atoms with Crippen LogP contribution in [-0.4, -0.2) is 5.91 Å². The van der Waals surface area contributed by atoms with Crippen molar-refractivity contribution in [2.75, 3.05) is 11.1 Å². The van der Waals surface area contributed by atoms with E-state index in [4.69, 9.17) is 5.73 Å². The van der Waals surface area contributed by atoms with Crippen molar-refractivity contribution in [3.05, 3.63) is 59.2 Å². The summed E-state index contributed by atoms with van der Waals surface area (Å²) >= 11 is 0. The molecule has 0 fully saturated rings. The fraction of sp³-hybridized carbons (Fsp3) is 0.133. The molecule has 3 N–H and O–H groups in total. The minimum Gasteiger partial charge on any atom is -0.399 e. The Labute approximate surface area is 107 Å². The zero-order valence-electron chi connectivity index (χ0n) is 10.5. The smallest absolute Gasteiger partial charge is 0.255 e. The Bertz CT molecular complexity index is 571. The van der Waals surface area contributed by atoms with Gasteiger partial charge in [0, 0.05) is 16.9 Å². The number of nitrogen functional groups attached to an aromatic ring is 1. The molecule has 0 saturated heterocycles. The third-order valence-electron chi connectivity index (χ3n) is 2.76. The number of carbonyl (C=O) groups excluding carboxylic acids is 1. The lowest BCUT2D eigenvalue weighted by molar-refractivity contribution is 0.102. The van der Waals surface area contributed by atoms with Crippen molar-refractivity contribution in [2.24, 2.45) is 0 Å². The van der Waals surface area contributed by atoms with Crippen LogP contribution in [0.15, 0.2) is 42.5 Å². The quantitative estimate of drug-likeness (QED) is 0.792. The number of carbonyl (C=O) groups is 1. The van der Waals surface area contributed by atoms with Gasteiger partial charge >= 0.3 is 0 Å². The lowest BCUT2D eigenvalue weighted by Gasteiger charge is -2.09. The first-order chi connectivity index (χ1) is 8.56. The van der Waals surface area contributed by atoms with E-state index in [9.17, 15) is 4.79 Å². The molecule has 0 aliphatic heterocycles.